The number of ether oxygens (including phenoxy) is 1. The second-order valence-electron chi connectivity index (χ2n) is 4.16. The van der Waals surface area contributed by atoms with Gasteiger partial charge in [0.15, 0.2) is 0 Å². The van der Waals surface area contributed by atoms with Gasteiger partial charge in [0.25, 0.3) is 0 Å². The van der Waals surface area contributed by atoms with Gasteiger partial charge in [0.05, 0.1) is 23.0 Å². The van der Waals surface area contributed by atoms with Gasteiger partial charge in [-0.2, -0.15) is 0 Å². The molecule has 0 spiro atoms. The Morgan fingerprint density at radius 2 is 1.95 bits per heavy atom. The number of nitrogen functional groups attached to an aromatic ring is 1. The molecule has 5 heteroatoms. The molecule has 100 valence electrons. The van der Waals surface area contributed by atoms with Crippen molar-refractivity contribution in [2.75, 3.05) is 18.2 Å². The Balaban J connectivity index is 2.33. The van der Waals surface area contributed by atoms with Crippen LogP contribution in [0.2, 0.25) is 0 Å². The van der Waals surface area contributed by atoms with Gasteiger partial charge in [-0.3, -0.25) is 0 Å². The van der Waals surface area contributed by atoms with E-state index in [0.29, 0.717) is 15.8 Å². The van der Waals surface area contributed by atoms with E-state index < -0.39 is 0 Å². The summed E-state index contributed by atoms with van der Waals surface area (Å²) in [4.78, 5) is 0. The maximum Gasteiger partial charge on any atom is 0.139 e. The highest BCUT2D eigenvalue weighted by atomic mass is 79.9. The van der Waals surface area contributed by atoms with Crippen molar-refractivity contribution in [3.05, 3.63) is 46.2 Å². The molecule has 2 rings (SSSR count). The number of halogens is 2. The normalized spacial score (nSPS) is 10.3. The van der Waals surface area contributed by atoms with E-state index in [-0.39, 0.29) is 5.82 Å². The fraction of sp³-hybridized carbons (Fsp3) is 0.143. The first-order valence-corrected chi connectivity index (χ1v) is 6.46. The van der Waals surface area contributed by atoms with Gasteiger partial charge in [-0.25, -0.2) is 4.39 Å². The van der Waals surface area contributed by atoms with Gasteiger partial charge in [0, 0.05) is 11.8 Å². The van der Waals surface area contributed by atoms with Gasteiger partial charge in [-0.15, -0.1) is 0 Å². The average Bonchev–Trinajstić information content (AvgIpc) is 2.38. The summed E-state index contributed by atoms with van der Waals surface area (Å²) < 4.78 is 19.0. The minimum absolute atomic E-state index is 0.349. The lowest BCUT2D eigenvalue weighted by molar-refractivity contribution is 0.414. The monoisotopic (exact) mass is 324 g/mol. The third-order valence-corrected chi connectivity index (χ3v) is 3.40. The highest BCUT2D eigenvalue weighted by Crippen LogP contribution is 2.31. The largest absolute Gasteiger partial charge is 0.497 e. The maximum atomic E-state index is 13.5. The van der Waals surface area contributed by atoms with Crippen molar-refractivity contribution in [2.24, 2.45) is 0 Å². The van der Waals surface area contributed by atoms with Crippen LogP contribution in [0.4, 0.5) is 21.5 Å². The summed E-state index contributed by atoms with van der Waals surface area (Å²) >= 11 is 3.10. The van der Waals surface area contributed by atoms with Gasteiger partial charge < -0.3 is 15.8 Å². The molecule has 0 aliphatic heterocycles. The van der Waals surface area contributed by atoms with Gasteiger partial charge >= 0.3 is 0 Å². The minimum atomic E-state index is -0.358. The third-order valence-electron chi connectivity index (χ3n) is 2.80. The quantitative estimate of drug-likeness (QED) is 0.830. The molecule has 0 saturated heterocycles. The number of nitrogens with one attached hydrogen (secondary N) is 1. The molecule has 0 fully saturated rings. The van der Waals surface area contributed by atoms with Crippen LogP contribution in [-0.4, -0.2) is 7.11 Å². The number of hydrogen-bond donors (Lipinski definition) is 2. The van der Waals surface area contributed by atoms with Gasteiger partial charge in [-0.05, 0) is 52.7 Å². The van der Waals surface area contributed by atoms with Crippen molar-refractivity contribution in [1.29, 1.82) is 0 Å². The molecular weight excluding hydrogens is 311 g/mol. The summed E-state index contributed by atoms with van der Waals surface area (Å²) in [6.45, 7) is 1.94. The third kappa shape index (κ3) is 2.98. The van der Waals surface area contributed by atoms with Crippen molar-refractivity contribution in [3.8, 4) is 5.75 Å². The first kappa shape index (κ1) is 13.7. The number of benzene rings is 2. The zero-order valence-electron chi connectivity index (χ0n) is 10.6. The lowest BCUT2D eigenvalue weighted by Gasteiger charge is -2.13. The van der Waals surface area contributed by atoms with Gasteiger partial charge in [-0.1, -0.05) is 0 Å². The Bertz CT molecular complexity index is 617. The van der Waals surface area contributed by atoms with Crippen molar-refractivity contribution in [3.63, 3.8) is 0 Å². The Labute approximate surface area is 119 Å². The average molecular weight is 325 g/mol. The summed E-state index contributed by atoms with van der Waals surface area (Å²) in [5, 5.41) is 3.12. The number of hydrogen-bond acceptors (Lipinski definition) is 3. The van der Waals surface area contributed by atoms with Crippen LogP contribution in [0, 0.1) is 12.7 Å². The van der Waals surface area contributed by atoms with Crippen LogP contribution in [0.1, 0.15) is 5.56 Å². The molecule has 2 aromatic rings. The molecule has 19 heavy (non-hydrogen) atoms. The van der Waals surface area contributed by atoms with Crippen LogP contribution >= 0.6 is 15.9 Å². The van der Waals surface area contributed by atoms with E-state index in [9.17, 15) is 4.39 Å². The smallest absolute Gasteiger partial charge is 0.139 e. The number of rotatable bonds is 3. The molecule has 0 unspecified atom stereocenters. The Hall–Kier alpha value is -1.75. The van der Waals surface area contributed by atoms with E-state index in [0.717, 1.165) is 17.0 Å². The molecule has 0 radical (unpaired) electrons. The Morgan fingerprint density at radius 3 is 2.58 bits per heavy atom. The summed E-state index contributed by atoms with van der Waals surface area (Å²) in [6, 6.07) is 8.50. The predicted molar refractivity (Wildman–Crippen MR) is 79.5 cm³/mol. The fourth-order valence-corrected chi connectivity index (χ4v) is 2.08. The first-order valence-electron chi connectivity index (χ1n) is 5.67. The van der Waals surface area contributed by atoms with E-state index in [1.54, 1.807) is 7.11 Å². The van der Waals surface area contributed by atoms with Gasteiger partial charge in [0.2, 0.25) is 0 Å². The predicted octanol–water partition coefficient (Wildman–Crippen LogP) is 4.23. The summed E-state index contributed by atoms with van der Waals surface area (Å²) in [7, 11) is 1.62. The molecule has 2 aromatic carbocycles. The zero-order valence-corrected chi connectivity index (χ0v) is 12.2. The summed E-state index contributed by atoms with van der Waals surface area (Å²) in [6.07, 6.45) is 0. The number of anilines is 3. The van der Waals surface area contributed by atoms with E-state index in [4.69, 9.17) is 10.5 Å². The molecule has 0 atom stereocenters. The highest BCUT2D eigenvalue weighted by Gasteiger charge is 2.08. The van der Waals surface area contributed by atoms with Crippen LogP contribution < -0.4 is 15.8 Å². The van der Waals surface area contributed by atoms with Crippen LogP contribution in [0.15, 0.2) is 34.8 Å². The molecule has 0 saturated carbocycles. The minimum Gasteiger partial charge on any atom is -0.497 e. The topological polar surface area (TPSA) is 47.3 Å². The summed E-state index contributed by atoms with van der Waals surface area (Å²) in [5.74, 6) is 0.417. The van der Waals surface area contributed by atoms with E-state index in [1.165, 1.54) is 12.1 Å². The first-order chi connectivity index (χ1) is 9.01. The van der Waals surface area contributed by atoms with Crippen molar-refractivity contribution in [2.45, 2.75) is 6.92 Å². The Morgan fingerprint density at radius 1 is 1.21 bits per heavy atom. The molecule has 0 bridgehead atoms. The number of nitrogens with two attached hydrogens (primary N) is 1. The molecule has 0 amide bonds. The van der Waals surface area contributed by atoms with Gasteiger partial charge in [0.1, 0.15) is 11.6 Å². The van der Waals surface area contributed by atoms with Crippen molar-refractivity contribution >= 4 is 33.0 Å². The second-order valence-corrected chi connectivity index (χ2v) is 5.01. The Kier molecular flexibility index (Phi) is 3.95. The molecule has 3 N–H and O–H groups in total. The SMILES string of the molecule is COc1ccc(Nc2cc(F)c(Br)cc2N)c(C)c1. The van der Waals surface area contributed by atoms with Crippen LogP contribution in [-0.2, 0) is 0 Å². The van der Waals surface area contributed by atoms with E-state index >= 15 is 0 Å². The van der Waals surface area contributed by atoms with Crippen molar-refractivity contribution in [1.82, 2.24) is 0 Å². The summed E-state index contributed by atoms with van der Waals surface area (Å²) in [5.41, 5.74) is 8.72. The fourth-order valence-electron chi connectivity index (χ4n) is 1.72. The molecule has 0 heterocycles. The second kappa shape index (κ2) is 5.48. The molecular formula is C14H14BrFN2O. The standard InChI is InChI=1S/C14H14BrFN2O/c1-8-5-9(19-2)3-4-13(8)18-14-7-11(16)10(15)6-12(14)17/h3-7,18H,17H2,1-2H3. The van der Waals surface area contributed by atoms with Crippen molar-refractivity contribution < 1.29 is 9.13 Å². The number of aryl methyl sites for hydroxylation is 1. The zero-order chi connectivity index (χ0) is 14.0. The van der Waals surface area contributed by atoms with Crippen LogP contribution in [0.5, 0.6) is 5.75 Å². The molecule has 0 aromatic heterocycles. The lowest BCUT2D eigenvalue weighted by atomic mass is 10.1. The molecule has 0 aliphatic rings. The van der Waals surface area contributed by atoms with Crippen LogP contribution in [0.3, 0.4) is 0 Å². The van der Waals surface area contributed by atoms with E-state index in [2.05, 4.69) is 21.2 Å². The lowest BCUT2D eigenvalue weighted by Crippen LogP contribution is -1.99. The molecule has 3 nitrogen and oxygen atoms in total. The molecule has 0 aliphatic carbocycles. The van der Waals surface area contributed by atoms with E-state index in [1.807, 2.05) is 25.1 Å². The highest BCUT2D eigenvalue weighted by molar-refractivity contribution is 9.10. The van der Waals surface area contributed by atoms with Crippen LogP contribution in [0.25, 0.3) is 0 Å². The number of methoxy groups -OCH3 is 1. The maximum absolute atomic E-state index is 13.5.